The maximum absolute atomic E-state index is 13.5. The molecule has 1 aliphatic rings. The van der Waals surface area contributed by atoms with Crippen LogP contribution in [0.1, 0.15) is 68.8 Å². The van der Waals surface area contributed by atoms with Crippen LogP contribution in [0.25, 0.3) is 5.76 Å². The molecule has 0 radical (unpaired) electrons. The van der Waals surface area contributed by atoms with E-state index >= 15 is 0 Å². The maximum atomic E-state index is 13.5. The van der Waals surface area contributed by atoms with Crippen molar-refractivity contribution in [1.29, 1.82) is 0 Å². The van der Waals surface area contributed by atoms with Crippen molar-refractivity contribution >= 4 is 23.1 Å². The molecule has 0 bridgehead atoms. The van der Waals surface area contributed by atoms with Gasteiger partial charge in [0.2, 0.25) is 0 Å². The third-order valence-corrected chi connectivity index (χ3v) is 6.77. The zero-order chi connectivity index (χ0) is 27.1. The summed E-state index contributed by atoms with van der Waals surface area (Å²) < 4.78 is 5.52. The van der Waals surface area contributed by atoms with E-state index in [4.69, 9.17) is 4.74 Å². The number of benzene rings is 3. The number of aliphatic hydroxyl groups is 1. The van der Waals surface area contributed by atoms with E-state index in [0.717, 1.165) is 11.1 Å². The molecule has 6 heteroatoms. The van der Waals surface area contributed by atoms with E-state index in [9.17, 15) is 19.8 Å². The van der Waals surface area contributed by atoms with Gasteiger partial charge in [-0.1, -0.05) is 58.9 Å². The molecule has 1 unspecified atom stereocenters. The van der Waals surface area contributed by atoms with Crippen LogP contribution in [0.15, 0.2) is 72.3 Å². The first-order valence-electron chi connectivity index (χ1n) is 12.3. The SMILES string of the molecule is COc1ccc(/C(O)=C2/C(=O)C(=O)N(c3ccc(C(C)C)cc3)C2c2ccc(O)cc2)cc1C(C)(C)C. The topological polar surface area (TPSA) is 87.1 Å². The minimum atomic E-state index is -0.870. The largest absolute Gasteiger partial charge is 0.508 e. The Morgan fingerprint density at radius 3 is 2.11 bits per heavy atom. The number of ketones is 1. The number of amides is 1. The van der Waals surface area contributed by atoms with Gasteiger partial charge in [0.15, 0.2) is 0 Å². The average Bonchev–Trinajstić information content (AvgIpc) is 3.13. The number of aliphatic hydroxyl groups excluding tert-OH is 1. The third kappa shape index (κ3) is 4.84. The zero-order valence-corrected chi connectivity index (χ0v) is 22.1. The summed E-state index contributed by atoms with van der Waals surface area (Å²) in [6.07, 6.45) is 0. The molecule has 4 rings (SSSR count). The van der Waals surface area contributed by atoms with E-state index in [-0.39, 0.29) is 22.5 Å². The fraction of sp³-hybridized carbons (Fsp3) is 0.290. The van der Waals surface area contributed by atoms with Gasteiger partial charge in [-0.2, -0.15) is 0 Å². The summed E-state index contributed by atoms with van der Waals surface area (Å²) >= 11 is 0. The molecule has 37 heavy (non-hydrogen) atoms. The number of rotatable bonds is 5. The number of nitrogens with zero attached hydrogens (tertiary/aromatic N) is 1. The maximum Gasteiger partial charge on any atom is 0.300 e. The molecule has 3 aromatic carbocycles. The quantitative estimate of drug-likeness (QED) is 0.239. The van der Waals surface area contributed by atoms with Crippen LogP contribution < -0.4 is 9.64 Å². The molecular formula is C31H33NO5. The first-order chi connectivity index (χ1) is 17.4. The Hall–Kier alpha value is -4.06. The molecule has 0 aromatic heterocycles. The van der Waals surface area contributed by atoms with E-state index in [1.807, 2.05) is 45.0 Å². The van der Waals surface area contributed by atoms with Gasteiger partial charge >= 0.3 is 0 Å². The minimum Gasteiger partial charge on any atom is -0.508 e. The number of ether oxygens (including phenoxy) is 1. The van der Waals surface area contributed by atoms with Crippen LogP contribution in [0.4, 0.5) is 5.69 Å². The van der Waals surface area contributed by atoms with Gasteiger partial charge in [0.05, 0.1) is 18.7 Å². The molecule has 0 spiro atoms. The van der Waals surface area contributed by atoms with E-state index in [1.165, 1.54) is 17.0 Å². The van der Waals surface area contributed by atoms with Crippen molar-refractivity contribution in [2.24, 2.45) is 0 Å². The van der Waals surface area contributed by atoms with E-state index in [2.05, 4.69) is 13.8 Å². The molecule has 1 atom stereocenters. The number of phenols is 1. The Kier molecular flexibility index (Phi) is 6.87. The molecule has 192 valence electrons. The first-order valence-corrected chi connectivity index (χ1v) is 12.3. The lowest BCUT2D eigenvalue weighted by Crippen LogP contribution is -2.29. The van der Waals surface area contributed by atoms with Crippen LogP contribution in [0.2, 0.25) is 0 Å². The lowest BCUT2D eigenvalue weighted by atomic mass is 9.84. The number of carbonyl (C=O) groups is 2. The highest BCUT2D eigenvalue weighted by molar-refractivity contribution is 6.51. The van der Waals surface area contributed by atoms with Crippen molar-refractivity contribution in [1.82, 2.24) is 0 Å². The van der Waals surface area contributed by atoms with Crippen molar-refractivity contribution < 1.29 is 24.5 Å². The van der Waals surface area contributed by atoms with Gasteiger partial charge in [0, 0.05) is 16.8 Å². The minimum absolute atomic E-state index is 0.00588. The van der Waals surface area contributed by atoms with Crippen LogP contribution in [0.5, 0.6) is 11.5 Å². The van der Waals surface area contributed by atoms with Crippen molar-refractivity contribution in [2.45, 2.75) is 52.0 Å². The van der Waals surface area contributed by atoms with Crippen LogP contribution in [-0.2, 0) is 15.0 Å². The number of aromatic hydroxyl groups is 1. The third-order valence-electron chi connectivity index (χ3n) is 6.77. The Balaban J connectivity index is 1.93. The summed E-state index contributed by atoms with van der Waals surface area (Å²) in [4.78, 5) is 28.3. The number of hydrogen-bond acceptors (Lipinski definition) is 5. The van der Waals surface area contributed by atoms with Crippen LogP contribution in [0.3, 0.4) is 0 Å². The van der Waals surface area contributed by atoms with Gasteiger partial charge in [0.1, 0.15) is 17.3 Å². The Bertz CT molecular complexity index is 1360. The van der Waals surface area contributed by atoms with Gasteiger partial charge in [-0.05, 0) is 64.9 Å². The smallest absolute Gasteiger partial charge is 0.300 e. The Morgan fingerprint density at radius 2 is 1.57 bits per heavy atom. The van der Waals surface area contributed by atoms with Crippen LogP contribution in [-0.4, -0.2) is 29.0 Å². The van der Waals surface area contributed by atoms with Crippen LogP contribution >= 0.6 is 0 Å². The van der Waals surface area contributed by atoms with Crippen molar-refractivity contribution in [3.63, 3.8) is 0 Å². The number of phenolic OH excluding ortho intramolecular Hbond substituents is 1. The van der Waals surface area contributed by atoms with Crippen molar-refractivity contribution in [2.75, 3.05) is 12.0 Å². The fourth-order valence-electron chi connectivity index (χ4n) is 4.69. The van der Waals surface area contributed by atoms with Gasteiger partial charge < -0.3 is 14.9 Å². The van der Waals surface area contributed by atoms with E-state index in [1.54, 1.807) is 37.4 Å². The van der Waals surface area contributed by atoms with E-state index in [0.29, 0.717) is 28.5 Å². The molecule has 1 heterocycles. The normalized spacial score (nSPS) is 17.5. The molecule has 1 amide bonds. The molecule has 0 saturated carbocycles. The first kappa shape index (κ1) is 26.0. The molecule has 1 aliphatic heterocycles. The summed E-state index contributed by atoms with van der Waals surface area (Å²) in [7, 11) is 1.59. The lowest BCUT2D eigenvalue weighted by molar-refractivity contribution is -0.132. The summed E-state index contributed by atoms with van der Waals surface area (Å²) in [5.41, 5.74) is 3.23. The highest BCUT2D eigenvalue weighted by Crippen LogP contribution is 2.43. The zero-order valence-electron chi connectivity index (χ0n) is 22.1. The monoisotopic (exact) mass is 499 g/mol. The average molecular weight is 500 g/mol. The molecule has 1 saturated heterocycles. The van der Waals surface area contributed by atoms with Gasteiger partial charge in [-0.15, -0.1) is 0 Å². The predicted molar refractivity (Wildman–Crippen MR) is 145 cm³/mol. The van der Waals surface area contributed by atoms with E-state index < -0.39 is 17.7 Å². The predicted octanol–water partition coefficient (Wildman–Crippen LogP) is 6.45. The number of carbonyl (C=O) groups excluding carboxylic acids is 2. The molecular weight excluding hydrogens is 466 g/mol. The summed E-state index contributed by atoms with van der Waals surface area (Å²) in [5, 5.41) is 21.4. The second kappa shape index (κ2) is 9.77. The number of hydrogen-bond donors (Lipinski definition) is 2. The fourth-order valence-corrected chi connectivity index (χ4v) is 4.69. The highest BCUT2D eigenvalue weighted by Gasteiger charge is 2.47. The van der Waals surface area contributed by atoms with Crippen molar-refractivity contribution in [3.8, 4) is 11.5 Å². The van der Waals surface area contributed by atoms with Crippen molar-refractivity contribution in [3.05, 3.63) is 94.6 Å². The number of methoxy groups -OCH3 is 1. The molecule has 6 nitrogen and oxygen atoms in total. The van der Waals surface area contributed by atoms with Gasteiger partial charge in [-0.3, -0.25) is 14.5 Å². The highest BCUT2D eigenvalue weighted by atomic mass is 16.5. The summed E-state index contributed by atoms with van der Waals surface area (Å²) in [5.74, 6) is -0.703. The molecule has 1 fully saturated rings. The molecule has 2 N–H and O–H groups in total. The number of anilines is 1. The standard InChI is InChI=1S/C31H33NO5/c1-18(2)19-7-12-22(13-8-19)32-27(20-9-14-23(33)15-10-20)26(29(35)30(32)36)28(34)21-11-16-25(37-6)24(17-21)31(3,4)5/h7-18,27,33-34H,1-6H3/b28-26-. The summed E-state index contributed by atoms with van der Waals surface area (Å²) in [6.45, 7) is 10.3. The Morgan fingerprint density at radius 1 is 0.946 bits per heavy atom. The van der Waals surface area contributed by atoms with Gasteiger partial charge in [-0.25, -0.2) is 0 Å². The second-order valence-corrected chi connectivity index (χ2v) is 10.7. The lowest BCUT2D eigenvalue weighted by Gasteiger charge is -2.26. The van der Waals surface area contributed by atoms with Gasteiger partial charge in [0.25, 0.3) is 11.7 Å². The van der Waals surface area contributed by atoms with Crippen LogP contribution in [0, 0.1) is 0 Å². The Labute approximate surface area is 217 Å². The summed E-state index contributed by atoms with van der Waals surface area (Å²) in [6, 6.07) is 18.2. The second-order valence-electron chi connectivity index (χ2n) is 10.7. The number of Topliss-reactive ketones (excluding diaryl/α,β-unsaturated/α-hetero) is 1. The molecule has 3 aromatic rings. The molecule has 0 aliphatic carbocycles.